The molecule has 17 heteroatoms. The maximum atomic E-state index is 16.2. The van der Waals surface area contributed by atoms with Crippen molar-refractivity contribution in [1.29, 1.82) is 0 Å². The monoisotopic (exact) mass is 651 g/mol. The summed E-state index contributed by atoms with van der Waals surface area (Å²) in [6.45, 7) is 8.72. The second-order valence-electron chi connectivity index (χ2n) is 11.3. The number of nitrogens with zero attached hydrogens (tertiary/aromatic N) is 4. The first-order valence-electron chi connectivity index (χ1n) is 14.4. The molecule has 0 spiro atoms. The van der Waals surface area contributed by atoms with Crippen LogP contribution in [0.3, 0.4) is 0 Å². The number of aliphatic hydroxyl groups is 1. The number of nitrogens with one attached hydrogen (secondary N) is 3. The number of fused-ring (bicyclic) bond motifs is 1. The summed E-state index contributed by atoms with van der Waals surface area (Å²) < 4.78 is 53.8. The van der Waals surface area contributed by atoms with Crippen LogP contribution in [0.25, 0.3) is 11.2 Å². The van der Waals surface area contributed by atoms with Crippen molar-refractivity contribution in [2.75, 3.05) is 24.3 Å². The van der Waals surface area contributed by atoms with E-state index in [0.717, 1.165) is 6.92 Å². The number of para-hydroxylation sites is 1. The summed E-state index contributed by atoms with van der Waals surface area (Å²) >= 11 is 0. The van der Waals surface area contributed by atoms with Gasteiger partial charge in [0.25, 0.3) is 0 Å². The Morgan fingerprint density at radius 3 is 2.49 bits per heavy atom. The highest BCUT2D eigenvalue weighted by Gasteiger charge is 2.56. The third-order valence-corrected chi connectivity index (χ3v) is 8.47. The molecule has 246 valence electrons. The van der Waals surface area contributed by atoms with Gasteiger partial charge in [-0.05, 0) is 39.8 Å². The van der Waals surface area contributed by atoms with Gasteiger partial charge in [0.15, 0.2) is 28.9 Å². The van der Waals surface area contributed by atoms with Crippen LogP contribution in [-0.4, -0.2) is 80.2 Å². The number of hydrogen-bond acceptors (Lipinski definition) is 12. The van der Waals surface area contributed by atoms with Gasteiger partial charge in [-0.1, -0.05) is 32.0 Å². The number of aromatic nitrogens is 4. The molecule has 4 rings (SSSR count). The summed E-state index contributed by atoms with van der Waals surface area (Å²) in [5, 5.41) is 19.0. The lowest BCUT2D eigenvalue weighted by molar-refractivity contribution is -0.149. The van der Waals surface area contributed by atoms with E-state index in [1.165, 1.54) is 30.0 Å². The molecule has 6 atom stereocenters. The number of hydrogen-bond donors (Lipinski definition) is 4. The fourth-order valence-electron chi connectivity index (χ4n) is 4.43. The van der Waals surface area contributed by atoms with Gasteiger partial charge in [0.05, 0.1) is 19.0 Å². The molecule has 3 aromatic rings. The van der Waals surface area contributed by atoms with Gasteiger partial charge in [-0.3, -0.25) is 24.0 Å². The summed E-state index contributed by atoms with van der Waals surface area (Å²) in [5.74, 6) is -0.976. The summed E-state index contributed by atoms with van der Waals surface area (Å²) in [6.07, 6.45) is -3.73. The molecular weight excluding hydrogens is 612 g/mol. The molecule has 15 nitrogen and oxygen atoms in total. The minimum Gasteiger partial charge on any atom is -0.462 e. The van der Waals surface area contributed by atoms with Crippen molar-refractivity contribution in [2.45, 2.75) is 77.8 Å². The Morgan fingerprint density at radius 2 is 1.87 bits per heavy atom. The Bertz CT molecular complexity index is 1550. The Labute approximate surface area is 259 Å². The van der Waals surface area contributed by atoms with E-state index in [0.29, 0.717) is 0 Å². The number of rotatable bonds is 13. The average molecular weight is 652 g/mol. The van der Waals surface area contributed by atoms with Gasteiger partial charge in [0, 0.05) is 13.0 Å². The molecule has 45 heavy (non-hydrogen) atoms. The molecule has 0 bridgehead atoms. The summed E-state index contributed by atoms with van der Waals surface area (Å²) in [7, 11) is -2.72. The number of benzene rings is 1. The third kappa shape index (κ3) is 7.76. The van der Waals surface area contributed by atoms with Crippen LogP contribution >= 0.6 is 7.75 Å². The van der Waals surface area contributed by atoms with Crippen molar-refractivity contribution in [2.24, 2.45) is 5.92 Å². The molecule has 1 fully saturated rings. The number of carbonyl (C=O) groups is 2. The van der Waals surface area contributed by atoms with Crippen LogP contribution < -0.4 is 20.2 Å². The molecule has 1 aliphatic rings. The van der Waals surface area contributed by atoms with E-state index in [1.807, 2.05) is 0 Å². The first-order valence-corrected chi connectivity index (χ1v) is 15.9. The van der Waals surface area contributed by atoms with Crippen LogP contribution in [0, 0.1) is 5.92 Å². The Morgan fingerprint density at radius 1 is 1.18 bits per heavy atom. The van der Waals surface area contributed by atoms with Crippen molar-refractivity contribution >= 4 is 42.6 Å². The van der Waals surface area contributed by atoms with Gasteiger partial charge in [0.2, 0.25) is 11.9 Å². The molecule has 0 radical (unpaired) electrons. The summed E-state index contributed by atoms with van der Waals surface area (Å²) in [5.41, 5.74) is -2.03. The normalized spacial score (nSPS) is 23.6. The third-order valence-electron chi connectivity index (χ3n) is 6.82. The number of ether oxygens (including phenoxy) is 2. The molecule has 4 N–H and O–H groups in total. The van der Waals surface area contributed by atoms with E-state index in [1.54, 1.807) is 52.9 Å². The number of imidazole rings is 1. The van der Waals surface area contributed by atoms with Crippen LogP contribution in [0.2, 0.25) is 0 Å². The molecule has 1 amide bonds. The predicted octanol–water partition coefficient (Wildman–Crippen LogP) is 3.58. The molecular formula is C28H39FN7O8P. The molecule has 1 saturated heterocycles. The van der Waals surface area contributed by atoms with E-state index in [9.17, 15) is 19.3 Å². The summed E-state index contributed by atoms with van der Waals surface area (Å²) in [6, 6.07) is 6.99. The zero-order valence-corrected chi connectivity index (χ0v) is 26.9. The maximum absolute atomic E-state index is 16.2. The highest BCUT2D eigenvalue weighted by molar-refractivity contribution is 7.52. The highest BCUT2D eigenvalue weighted by atomic mass is 31.2. The van der Waals surface area contributed by atoms with Gasteiger partial charge in [-0.25, -0.2) is 13.9 Å². The van der Waals surface area contributed by atoms with Crippen molar-refractivity contribution in [1.82, 2.24) is 24.6 Å². The van der Waals surface area contributed by atoms with Crippen molar-refractivity contribution in [3.8, 4) is 5.75 Å². The SMILES string of the molecule is CNc1nc(NC(=O)C(C)C)nc2c1ncn2[C@@H]1OC(COP(=O)(N[C@@H](C)C(=O)OC(C)C)Oc2ccccc2)[C@@H](O)[C@@]1(C)F. The lowest BCUT2D eigenvalue weighted by Gasteiger charge is -2.25. The fourth-order valence-corrected chi connectivity index (χ4v) is 5.93. The van der Waals surface area contributed by atoms with Crippen molar-refractivity contribution in [3.63, 3.8) is 0 Å². The minimum absolute atomic E-state index is 0.0403. The largest absolute Gasteiger partial charge is 0.462 e. The van der Waals surface area contributed by atoms with E-state index >= 15 is 4.39 Å². The molecule has 0 aliphatic carbocycles. The lowest BCUT2D eigenvalue weighted by atomic mass is 9.98. The molecule has 3 heterocycles. The number of halogens is 1. The zero-order valence-electron chi connectivity index (χ0n) is 26.1. The quantitative estimate of drug-likeness (QED) is 0.155. The van der Waals surface area contributed by atoms with E-state index < -0.39 is 56.6 Å². The van der Waals surface area contributed by atoms with Gasteiger partial charge in [-0.2, -0.15) is 15.1 Å². The fraction of sp³-hybridized carbons (Fsp3) is 0.536. The van der Waals surface area contributed by atoms with Gasteiger partial charge in [0.1, 0.15) is 24.0 Å². The van der Waals surface area contributed by atoms with Gasteiger partial charge in [-0.15, -0.1) is 0 Å². The van der Waals surface area contributed by atoms with Gasteiger partial charge >= 0.3 is 13.7 Å². The van der Waals surface area contributed by atoms with E-state index in [2.05, 4.69) is 30.7 Å². The summed E-state index contributed by atoms with van der Waals surface area (Å²) in [4.78, 5) is 37.7. The van der Waals surface area contributed by atoms with Crippen LogP contribution in [-0.2, 0) is 28.2 Å². The molecule has 1 aliphatic heterocycles. The zero-order chi connectivity index (χ0) is 33.1. The average Bonchev–Trinajstić information content (AvgIpc) is 3.48. The van der Waals surface area contributed by atoms with Crippen molar-refractivity contribution < 1.29 is 42.2 Å². The number of aliphatic hydroxyl groups excluding tert-OH is 1. The van der Waals surface area contributed by atoms with Gasteiger partial charge < -0.3 is 24.4 Å². The van der Waals surface area contributed by atoms with Crippen LogP contribution in [0.1, 0.15) is 47.8 Å². The smallest absolute Gasteiger partial charge is 0.459 e. The Hall–Kier alpha value is -3.69. The van der Waals surface area contributed by atoms with Crippen LogP contribution in [0.15, 0.2) is 36.7 Å². The number of anilines is 2. The first kappa shape index (κ1) is 34.2. The highest BCUT2D eigenvalue weighted by Crippen LogP contribution is 2.48. The second-order valence-corrected chi connectivity index (χ2v) is 13.0. The van der Waals surface area contributed by atoms with E-state index in [-0.39, 0.29) is 40.5 Å². The Balaban J connectivity index is 1.59. The lowest BCUT2D eigenvalue weighted by Crippen LogP contribution is -2.41. The van der Waals surface area contributed by atoms with Crippen LogP contribution in [0.4, 0.5) is 16.2 Å². The number of amides is 1. The topological polar surface area (TPSA) is 188 Å². The van der Waals surface area contributed by atoms with Crippen LogP contribution in [0.5, 0.6) is 5.75 Å². The van der Waals surface area contributed by atoms with Crippen molar-refractivity contribution in [3.05, 3.63) is 36.7 Å². The first-order chi connectivity index (χ1) is 21.1. The standard InChI is InChI=1S/C28H39FN7O8P/c1-15(2)24(38)34-27-32-22(30-7)20-23(33-27)36(14-31-20)26-28(6,29)21(37)19(43-26)13-41-45(40,44-18-11-9-8-10-12-18)35-17(5)25(39)42-16(3)4/h8-12,14-17,19,21,26,37H,13H2,1-7H3,(H,35,40)(H2,30,32,33,34,38)/t17-,19?,21+,26+,28+,45?/m0/s1. The second kappa shape index (κ2) is 13.7. The Kier molecular flexibility index (Phi) is 10.4. The van der Waals surface area contributed by atoms with E-state index in [4.69, 9.17) is 18.5 Å². The number of alkyl halides is 1. The molecule has 2 unspecified atom stereocenters. The maximum Gasteiger partial charge on any atom is 0.459 e. The number of carbonyl (C=O) groups excluding carboxylic acids is 2. The minimum atomic E-state index is -4.33. The molecule has 2 aromatic heterocycles. The molecule has 0 saturated carbocycles. The predicted molar refractivity (Wildman–Crippen MR) is 162 cm³/mol. The number of esters is 1. The molecule has 1 aromatic carbocycles.